The first kappa shape index (κ1) is 16.9. The van der Waals surface area contributed by atoms with Crippen molar-refractivity contribution < 1.29 is 0 Å². The van der Waals surface area contributed by atoms with Gasteiger partial charge in [-0.15, -0.1) is 0 Å². The van der Waals surface area contributed by atoms with Crippen molar-refractivity contribution in [2.75, 3.05) is 32.1 Å². The quantitative estimate of drug-likeness (QED) is 0.856. The van der Waals surface area contributed by atoms with Crippen molar-refractivity contribution in [3.63, 3.8) is 0 Å². The number of nitrogens with zero attached hydrogens (tertiary/aromatic N) is 4. The lowest BCUT2D eigenvalue weighted by molar-refractivity contribution is 0.100. The average molecular weight is 348 g/mol. The maximum atomic E-state index is 12.2. The molecule has 0 aliphatic carbocycles. The highest BCUT2D eigenvalue weighted by molar-refractivity contribution is 5.47. The Hall–Kier alpha value is -2.58. The van der Waals surface area contributed by atoms with Gasteiger partial charge in [0.1, 0.15) is 6.04 Å². The van der Waals surface area contributed by atoms with E-state index in [1.54, 1.807) is 6.07 Å². The first-order valence-electron chi connectivity index (χ1n) is 9.17. The summed E-state index contributed by atoms with van der Waals surface area (Å²) in [5.41, 5.74) is 3.40. The summed E-state index contributed by atoms with van der Waals surface area (Å²) in [6.45, 7) is 2.46. The van der Waals surface area contributed by atoms with Gasteiger partial charge < -0.3 is 9.47 Å². The molecule has 0 N–H and O–H groups in total. The molecular formula is C21H24N4O. The van der Waals surface area contributed by atoms with Crippen LogP contribution in [0.25, 0.3) is 0 Å². The van der Waals surface area contributed by atoms with Crippen molar-refractivity contribution in [3.8, 4) is 6.07 Å². The van der Waals surface area contributed by atoms with Gasteiger partial charge in [-0.25, -0.2) is 0 Å². The number of anilines is 1. The highest BCUT2D eigenvalue weighted by Gasteiger charge is 2.37. The van der Waals surface area contributed by atoms with Crippen LogP contribution in [0.15, 0.2) is 47.3 Å². The zero-order valence-corrected chi connectivity index (χ0v) is 15.3. The van der Waals surface area contributed by atoms with E-state index in [2.05, 4.69) is 46.2 Å². The molecular weight excluding hydrogens is 324 g/mol. The first-order valence-corrected chi connectivity index (χ1v) is 9.17. The van der Waals surface area contributed by atoms with Crippen molar-refractivity contribution in [1.29, 1.82) is 5.26 Å². The highest BCUT2D eigenvalue weighted by atomic mass is 16.1. The number of pyridine rings is 1. The summed E-state index contributed by atoms with van der Waals surface area (Å²) in [5.74, 6) is 0.756. The number of fused-ring (bicyclic) bond motifs is 4. The molecule has 0 radical (unpaired) electrons. The number of rotatable bonds is 3. The van der Waals surface area contributed by atoms with Crippen LogP contribution in [0, 0.1) is 17.2 Å². The van der Waals surface area contributed by atoms with Gasteiger partial charge in [-0.2, -0.15) is 5.26 Å². The van der Waals surface area contributed by atoms with Crippen molar-refractivity contribution in [2.24, 2.45) is 5.92 Å². The number of piperidine rings is 1. The Morgan fingerprint density at radius 3 is 2.58 bits per heavy atom. The van der Waals surface area contributed by atoms with Gasteiger partial charge in [0.05, 0.1) is 6.07 Å². The van der Waals surface area contributed by atoms with E-state index in [1.165, 1.54) is 0 Å². The van der Waals surface area contributed by atoms with Gasteiger partial charge >= 0.3 is 0 Å². The highest BCUT2D eigenvalue weighted by Crippen LogP contribution is 2.38. The van der Waals surface area contributed by atoms with Crippen molar-refractivity contribution in [3.05, 3.63) is 64.1 Å². The SMILES string of the molecule is CN(C)c1ccc([C@@H](C#N)N2C[C@@H]3C[C@H](C2)c2cccc(=O)n2C3)cc1. The fourth-order valence-corrected chi connectivity index (χ4v) is 4.47. The molecule has 3 heterocycles. The lowest BCUT2D eigenvalue weighted by atomic mass is 9.82. The summed E-state index contributed by atoms with van der Waals surface area (Å²) in [6, 6.07) is 16.1. The van der Waals surface area contributed by atoms with Gasteiger partial charge in [-0.05, 0) is 36.1 Å². The Morgan fingerprint density at radius 1 is 1.12 bits per heavy atom. The third-order valence-electron chi connectivity index (χ3n) is 5.72. The van der Waals surface area contributed by atoms with Crippen LogP contribution in [-0.2, 0) is 6.54 Å². The zero-order valence-electron chi connectivity index (χ0n) is 15.3. The number of nitriles is 1. The number of aromatic nitrogens is 1. The van der Waals surface area contributed by atoms with Crippen LogP contribution in [0.3, 0.4) is 0 Å². The van der Waals surface area contributed by atoms with Gasteiger partial charge in [-0.1, -0.05) is 18.2 Å². The van der Waals surface area contributed by atoms with Crippen LogP contribution in [0.4, 0.5) is 5.69 Å². The molecule has 0 spiro atoms. The monoisotopic (exact) mass is 348 g/mol. The predicted octanol–water partition coefficient (Wildman–Crippen LogP) is 2.60. The van der Waals surface area contributed by atoms with Crippen LogP contribution in [0.2, 0.25) is 0 Å². The third kappa shape index (κ3) is 2.91. The van der Waals surface area contributed by atoms with Crippen LogP contribution in [0.1, 0.15) is 29.6 Å². The van der Waals surface area contributed by atoms with E-state index in [9.17, 15) is 10.1 Å². The average Bonchev–Trinajstić information content (AvgIpc) is 2.64. The minimum atomic E-state index is -0.238. The molecule has 2 aliphatic heterocycles. The maximum Gasteiger partial charge on any atom is 0.250 e. The standard InChI is InChI=1S/C21H24N4O/c1-23(2)18-8-6-16(7-9-18)20(11-22)24-12-15-10-17(14-24)19-4-3-5-21(26)25(19)13-15/h3-9,15,17,20H,10,12-14H2,1-2H3/t15-,17+,20+/m0/s1. The van der Waals surface area contributed by atoms with Crippen molar-refractivity contribution in [1.82, 2.24) is 9.47 Å². The summed E-state index contributed by atoms with van der Waals surface area (Å²) >= 11 is 0. The first-order chi connectivity index (χ1) is 12.6. The molecule has 5 heteroatoms. The molecule has 5 nitrogen and oxygen atoms in total. The molecule has 134 valence electrons. The van der Waals surface area contributed by atoms with Gasteiger partial charge in [0.2, 0.25) is 0 Å². The summed E-state index contributed by atoms with van der Waals surface area (Å²) in [6.07, 6.45) is 1.11. The molecule has 0 saturated carbocycles. The Labute approximate surface area is 154 Å². The summed E-state index contributed by atoms with van der Waals surface area (Å²) in [7, 11) is 4.03. The van der Waals surface area contributed by atoms with Crippen LogP contribution in [-0.4, -0.2) is 36.7 Å². The predicted molar refractivity (Wildman–Crippen MR) is 102 cm³/mol. The fourth-order valence-electron chi connectivity index (χ4n) is 4.47. The van der Waals surface area contributed by atoms with Crippen LogP contribution >= 0.6 is 0 Å². The topological polar surface area (TPSA) is 52.3 Å². The molecule has 26 heavy (non-hydrogen) atoms. The van der Waals surface area contributed by atoms with Crippen LogP contribution in [0.5, 0.6) is 0 Å². The molecule has 2 bridgehead atoms. The Kier molecular flexibility index (Phi) is 4.29. The lowest BCUT2D eigenvalue weighted by Gasteiger charge is -2.44. The van der Waals surface area contributed by atoms with E-state index in [1.807, 2.05) is 24.7 Å². The molecule has 2 aromatic rings. The summed E-state index contributed by atoms with van der Waals surface area (Å²) in [4.78, 5) is 16.5. The molecule has 2 aliphatic rings. The normalized spacial score (nSPS) is 23.0. The van der Waals surface area contributed by atoms with Gasteiger partial charge in [-0.3, -0.25) is 9.69 Å². The van der Waals surface area contributed by atoms with Crippen LogP contribution < -0.4 is 10.5 Å². The molecule has 0 unspecified atom stereocenters. The molecule has 0 amide bonds. The zero-order chi connectivity index (χ0) is 18.3. The smallest absolute Gasteiger partial charge is 0.250 e. The maximum absolute atomic E-state index is 12.2. The third-order valence-corrected chi connectivity index (χ3v) is 5.72. The largest absolute Gasteiger partial charge is 0.378 e. The minimum Gasteiger partial charge on any atom is -0.378 e. The number of likely N-dealkylation sites (tertiary alicyclic amines) is 1. The summed E-state index contributed by atoms with van der Waals surface area (Å²) < 4.78 is 1.93. The number of hydrogen-bond acceptors (Lipinski definition) is 4. The second-order valence-electron chi connectivity index (χ2n) is 7.67. The van der Waals surface area contributed by atoms with E-state index < -0.39 is 0 Å². The molecule has 4 rings (SSSR count). The summed E-state index contributed by atoms with van der Waals surface area (Å²) in [5, 5.41) is 9.86. The van der Waals surface area contributed by atoms with Gasteiger partial charge in [0.25, 0.3) is 5.56 Å². The molecule has 1 saturated heterocycles. The van der Waals surface area contributed by atoms with E-state index >= 15 is 0 Å². The second kappa shape index (κ2) is 6.62. The van der Waals surface area contributed by atoms with Crippen molar-refractivity contribution in [2.45, 2.75) is 24.9 Å². The fraction of sp³-hybridized carbons (Fsp3) is 0.429. The van der Waals surface area contributed by atoms with Gasteiger partial charge in [0, 0.05) is 57.1 Å². The van der Waals surface area contributed by atoms with Gasteiger partial charge in [0.15, 0.2) is 0 Å². The minimum absolute atomic E-state index is 0.0988. The second-order valence-corrected chi connectivity index (χ2v) is 7.67. The Balaban J connectivity index is 1.61. The Morgan fingerprint density at radius 2 is 1.88 bits per heavy atom. The van der Waals surface area contributed by atoms with E-state index in [4.69, 9.17) is 0 Å². The lowest BCUT2D eigenvalue weighted by Crippen LogP contribution is -2.47. The molecule has 1 aromatic heterocycles. The number of hydrogen-bond donors (Lipinski definition) is 0. The number of benzene rings is 1. The Bertz CT molecular complexity index is 893. The van der Waals surface area contributed by atoms with E-state index in [-0.39, 0.29) is 11.6 Å². The van der Waals surface area contributed by atoms with E-state index in [0.29, 0.717) is 11.8 Å². The van der Waals surface area contributed by atoms with Crippen molar-refractivity contribution >= 4 is 5.69 Å². The van der Waals surface area contributed by atoms with E-state index in [0.717, 1.165) is 43.0 Å². The molecule has 1 aromatic carbocycles. The molecule has 3 atom stereocenters. The molecule has 1 fully saturated rings.